The molecule has 162 valence electrons. The van der Waals surface area contributed by atoms with Gasteiger partial charge >= 0.3 is 6.36 Å². The first kappa shape index (κ1) is 25.7. The fourth-order valence-corrected chi connectivity index (χ4v) is 3.63. The second kappa shape index (κ2) is 10.6. The Balaban J connectivity index is 0.00000210. The number of hydrogen-bond donors (Lipinski definition) is 2. The Morgan fingerprint density at radius 3 is 2.24 bits per heavy atom. The van der Waals surface area contributed by atoms with E-state index in [9.17, 15) is 18.3 Å². The number of nitrogens with one attached hydrogen (secondary N) is 1. The van der Waals surface area contributed by atoms with Gasteiger partial charge in [0.15, 0.2) is 0 Å². The molecule has 2 aromatic rings. The molecule has 29 heavy (non-hydrogen) atoms. The van der Waals surface area contributed by atoms with Crippen LogP contribution in [0.25, 0.3) is 0 Å². The summed E-state index contributed by atoms with van der Waals surface area (Å²) in [5, 5.41) is 14.4. The molecule has 3 rings (SSSR count). The van der Waals surface area contributed by atoms with Gasteiger partial charge in [0.05, 0.1) is 6.04 Å². The maximum absolute atomic E-state index is 12.4. The lowest BCUT2D eigenvalue weighted by molar-refractivity contribution is -0.274. The van der Waals surface area contributed by atoms with E-state index >= 15 is 0 Å². The highest BCUT2D eigenvalue weighted by atomic mass is 35.5. The van der Waals surface area contributed by atoms with Crippen molar-refractivity contribution in [1.29, 1.82) is 0 Å². The van der Waals surface area contributed by atoms with Crippen LogP contribution in [0.3, 0.4) is 0 Å². The number of alkyl halides is 3. The second-order valence-electron chi connectivity index (χ2n) is 6.47. The predicted molar refractivity (Wildman–Crippen MR) is 112 cm³/mol. The van der Waals surface area contributed by atoms with E-state index in [1.807, 2.05) is 0 Å². The van der Waals surface area contributed by atoms with Crippen LogP contribution in [-0.2, 0) is 0 Å². The molecule has 2 aromatic carbocycles. The third-order valence-corrected chi connectivity index (χ3v) is 4.75. The topological polar surface area (TPSA) is 44.7 Å². The number of halogens is 6. The SMILES string of the molecule is Cc1cc(Cl)cc([C@H](c2ccc(OC(F)(F)F)cc2)N2CCNCC2)c1O.Cl.Cl. The summed E-state index contributed by atoms with van der Waals surface area (Å²) >= 11 is 6.20. The number of benzene rings is 2. The van der Waals surface area contributed by atoms with E-state index in [2.05, 4.69) is 15.0 Å². The standard InChI is InChI=1S/C19H20ClF3N2O2.2ClH/c1-12-10-14(20)11-16(18(12)26)17(25-8-6-24-7-9-25)13-2-4-15(5-3-13)27-19(21,22)23;;/h2-5,10-11,17,24,26H,6-9H2,1H3;2*1H/t17-;;/m0../s1. The van der Waals surface area contributed by atoms with Crippen molar-refractivity contribution in [1.82, 2.24) is 10.2 Å². The molecule has 0 unspecified atom stereocenters. The third-order valence-electron chi connectivity index (χ3n) is 4.54. The monoisotopic (exact) mass is 472 g/mol. The molecule has 0 aliphatic carbocycles. The number of ether oxygens (including phenoxy) is 1. The van der Waals surface area contributed by atoms with Crippen LogP contribution in [0.2, 0.25) is 5.02 Å². The summed E-state index contributed by atoms with van der Waals surface area (Å²) < 4.78 is 41.2. The van der Waals surface area contributed by atoms with E-state index < -0.39 is 6.36 Å². The summed E-state index contributed by atoms with van der Waals surface area (Å²) in [6.45, 7) is 4.80. The predicted octanol–water partition coefficient (Wildman–Crippen LogP) is 5.09. The van der Waals surface area contributed by atoms with E-state index in [-0.39, 0.29) is 42.4 Å². The van der Waals surface area contributed by atoms with Crippen LogP contribution in [0.4, 0.5) is 13.2 Å². The summed E-state index contributed by atoms with van der Waals surface area (Å²) in [6, 6.07) is 8.79. The zero-order valence-electron chi connectivity index (χ0n) is 15.5. The molecule has 0 spiro atoms. The van der Waals surface area contributed by atoms with Gasteiger partial charge in [0.25, 0.3) is 0 Å². The summed E-state index contributed by atoms with van der Waals surface area (Å²) in [5.41, 5.74) is 2.03. The first-order valence-corrected chi connectivity index (χ1v) is 8.92. The molecule has 0 aromatic heterocycles. The van der Waals surface area contributed by atoms with E-state index in [1.165, 1.54) is 12.1 Å². The molecule has 4 nitrogen and oxygen atoms in total. The minimum absolute atomic E-state index is 0. The molecule has 1 heterocycles. The smallest absolute Gasteiger partial charge is 0.507 e. The summed E-state index contributed by atoms with van der Waals surface area (Å²) in [4.78, 5) is 2.17. The van der Waals surface area contributed by atoms with Crippen molar-refractivity contribution in [3.8, 4) is 11.5 Å². The van der Waals surface area contributed by atoms with Gasteiger partial charge in [0.2, 0.25) is 0 Å². The van der Waals surface area contributed by atoms with Crippen molar-refractivity contribution in [2.24, 2.45) is 0 Å². The Kier molecular flexibility index (Phi) is 9.37. The average Bonchev–Trinajstić information content (AvgIpc) is 2.60. The maximum atomic E-state index is 12.4. The zero-order chi connectivity index (χ0) is 19.6. The van der Waals surface area contributed by atoms with Crippen LogP contribution in [0.15, 0.2) is 36.4 Å². The molecule has 10 heteroatoms. The van der Waals surface area contributed by atoms with Crippen LogP contribution in [0.5, 0.6) is 11.5 Å². The second-order valence-corrected chi connectivity index (χ2v) is 6.90. The third kappa shape index (κ3) is 6.55. The quantitative estimate of drug-likeness (QED) is 0.649. The van der Waals surface area contributed by atoms with Gasteiger partial charge in [-0.25, -0.2) is 0 Å². The Morgan fingerprint density at radius 1 is 1.10 bits per heavy atom. The molecular formula is C19H22Cl3F3N2O2. The van der Waals surface area contributed by atoms with Crippen molar-refractivity contribution in [2.75, 3.05) is 26.2 Å². The number of phenolic OH excluding ortho intramolecular Hbond substituents is 1. The molecule has 0 bridgehead atoms. The van der Waals surface area contributed by atoms with Crippen LogP contribution >= 0.6 is 36.4 Å². The molecular weight excluding hydrogens is 452 g/mol. The zero-order valence-corrected chi connectivity index (χ0v) is 17.9. The van der Waals surface area contributed by atoms with Gasteiger partial charge < -0.3 is 15.2 Å². The summed E-state index contributed by atoms with van der Waals surface area (Å²) in [7, 11) is 0. The average molecular weight is 474 g/mol. The molecule has 1 atom stereocenters. The number of aryl methyl sites for hydroxylation is 1. The molecule has 1 saturated heterocycles. The largest absolute Gasteiger partial charge is 0.573 e. The van der Waals surface area contributed by atoms with Crippen LogP contribution in [0.1, 0.15) is 22.7 Å². The molecule has 0 amide bonds. The Labute approximate surface area is 184 Å². The number of rotatable bonds is 4. The van der Waals surface area contributed by atoms with Gasteiger partial charge in [-0.2, -0.15) is 0 Å². The van der Waals surface area contributed by atoms with E-state index in [0.717, 1.165) is 31.7 Å². The van der Waals surface area contributed by atoms with Crippen LogP contribution in [0, 0.1) is 6.92 Å². The summed E-state index contributed by atoms with van der Waals surface area (Å²) in [6.07, 6.45) is -4.73. The van der Waals surface area contributed by atoms with E-state index in [1.54, 1.807) is 31.2 Å². The van der Waals surface area contributed by atoms with Crippen molar-refractivity contribution in [2.45, 2.75) is 19.3 Å². The Morgan fingerprint density at radius 2 is 1.69 bits per heavy atom. The fraction of sp³-hybridized carbons (Fsp3) is 0.368. The Bertz CT molecular complexity index is 799. The fourth-order valence-electron chi connectivity index (χ4n) is 3.35. The normalized spacial score (nSPS) is 15.8. The van der Waals surface area contributed by atoms with Gasteiger partial charge in [0, 0.05) is 36.8 Å². The lowest BCUT2D eigenvalue weighted by Crippen LogP contribution is -2.45. The highest BCUT2D eigenvalue weighted by Crippen LogP contribution is 2.38. The number of nitrogens with zero attached hydrogens (tertiary/aromatic N) is 1. The number of hydrogen-bond acceptors (Lipinski definition) is 4. The highest BCUT2D eigenvalue weighted by Gasteiger charge is 2.32. The van der Waals surface area contributed by atoms with Crippen LogP contribution < -0.4 is 10.1 Å². The van der Waals surface area contributed by atoms with Gasteiger partial charge in [-0.15, -0.1) is 38.0 Å². The van der Waals surface area contributed by atoms with Crippen molar-refractivity contribution in [3.63, 3.8) is 0 Å². The van der Waals surface area contributed by atoms with Gasteiger partial charge in [-0.05, 0) is 42.3 Å². The minimum atomic E-state index is -4.73. The van der Waals surface area contributed by atoms with Crippen molar-refractivity contribution < 1.29 is 23.0 Å². The van der Waals surface area contributed by atoms with E-state index in [0.29, 0.717) is 16.1 Å². The molecule has 0 radical (unpaired) electrons. The minimum Gasteiger partial charge on any atom is -0.507 e. The lowest BCUT2D eigenvalue weighted by atomic mass is 9.94. The van der Waals surface area contributed by atoms with Crippen molar-refractivity contribution in [3.05, 3.63) is 58.1 Å². The number of aromatic hydroxyl groups is 1. The highest BCUT2D eigenvalue weighted by molar-refractivity contribution is 6.30. The number of piperazine rings is 1. The van der Waals surface area contributed by atoms with Crippen molar-refractivity contribution >= 4 is 36.4 Å². The van der Waals surface area contributed by atoms with Gasteiger partial charge in [-0.3, -0.25) is 4.90 Å². The first-order valence-electron chi connectivity index (χ1n) is 8.54. The van der Waals surface area contributed by atoms with E-state index in [4.69, 9.17) is 11.6 Å². The molecule has 1 aliphatic heterocycles. The molecule has 2 N–H and O–H groups in total. The van der Waals surface area contributed by atoms with Crippen LogP contribution in [-0.4, -0.2) is 42.5 Å². The van der Waals surface area contributed by atoms with Gasteiger partial charge in [-0.1, -0.05) is 23.7 Å². The molecule has 0 saturated carbocycles. The first-order chi connectivity index (χ1) is 12.7. The molecule has 1 aliphatic rings. The van der Waals surface area contributed by atoms with Gasteiger partial charge in [0.1, 0.15) is 11.5 Å². The maximum Gasteiger partial charge on any atom is 0.573 e. The lowest BCUT2D eigenvalue weighted by Gasteiger charge is -2.36. The summed E-state index contributed by atoms with van der Waals surface area (Å²) in [5.74, 6) is -0.143. The number of phenols is 1. The molecule has 1 fully saturated rings. The Hall–Kier alpha value is -1.38.